The minimum atomic E-state index is -0.948. The number of carbonyl (C=O) groups excluding carboxylic acids is 2. The van der Waals surface area contributed by atoms with Crippen molar-refractivity contribution in [3.05, 3.63) is 76.2 Å². The Bertz CT molecular complexity index is 1420. The third-order valence-electron chi connectivity index (χ3n) is 5.30. The summed E-state index contributed by atoms with van der Waals surface area (Å²) < 4.78 is 1.67. The molecule has 160 valence electrons. The number of amides is 1. The third-order valence-corrected chi connectivity index (χ3v) is 6.14. The number of aliphatic hydroxyl groups is 1. The van der Waals surface area contributed by atoms with Crippen molar-refractivity contribution in [2.45, 2.75) is 19.9 Å². The number of aromatic nitrogens is 4. The van der Waals surface area contributed by atoms with Gasteiger partial charge in [0.2, 0.25) is 5.13 Å². The molecule has 1 amide bonds. The van der Waals surface area contributed by atoms with Crippen LogP contribution in [0.25, 0.3) is 11.4 Å². The van der Waals surface area contributed by atoms with Crippen LogP contribution in [0.15, 0.2) is 54.2 Å². The quantitative estimate of drug-likeness (QED) is 0.281. The number of ketones is 1. The molecule has 0 bridgehead atoms. The molecule has 1 fully saturated rings. The first-order valence-corrected chi connectivity index (χ1v) is 10.5. The Balaban J connectivity index is 1.78. The zero-order valence-corrected chi connectivity index (χ0v) is 17.9. The molecule has 1 unspecified atom stereocenters. The minimum absolute atomic E-state index is 0.0371. The van der Waals surface area contributed by atoms with Crippen molar-refractivity contribution in [3.63, 3.8) is 0 Å². The Kier molecular flexibility index (Phi) is 4.52. The molecule has 32 heavy (non-hydrogen) atoms. The Hall–Kier alpha value is -4.05. The summed E-state index contributed by atoms with van der Waals surface area (Å²) in [4.78, 5) is 32.0. The predicted molar refractivity (Wildman–Crippen MR) is 117 cm³/mol. The second kappa shape index (κ2) is 7.27. The van der Waals surface area contributed by atoms with Gasteiger partial charge in [0, 0.05) is 6.20 Å². The molecule has 4 aromatic rings. The van der Waals surface area contributed by atoms with E-state index in [0.29, 0.717) is 27.6 Å². The number of nitrogens with zero attached hydrogens (tertiary/aromatic N) is 5. The lowest BCUT2D eigenvalue weighted by molar-refractivity contribution is -0.132. The van der Waals surface area contributed by atoms with E-state index < -0.39 is 17.7 Å². The van der Waals surface area contributed by atoms with E-state index in [0.717, 1.165) is 0 Å². The fourth-order valence-electron chi connectivity index (χ4n) is 3.91. The summed E-state index contributed by atoms with van der Waals surface area (Å²) in [5.41, 5.74) is 1.89. The average molecular weight is 447 g/mol. The van der Waals surface area contributed by atoms with E-state index in [2.05, 4.69) is 15.2 Å². The number of imidazole rings is 1. The molecule has 1 aliphatic rings. The molecule has 4 heterocycles. The predicted octanol–water partition coefficient (Wildman–Crippen LogP) is 3.13. The van der Waals surface area contributed by atoms with E-state index >= 15 is 0 Å². The molecule has 1 aliphatic heterocycles. The molecule has 3 aromatic heterocycles. The summed E-state index contributed by atoms with van der Waals surface area (Å²) >= 11 is 1.17. The summed E-state index contributed by atoms with van der Waals surface area (Å²) in [5.74, 6) is -1.94. The maximum atomic E-state index is 13.2. The number of rotatable bonds is 3. The van der Waals surface area contributed by atoms with Gasteiger partial charge in [0.25, 0.3) is 5.78 Å². The molecular weight excluding hydrogens is 430 g/mol. The number of carbonyl (C=O) groups is 2. The molecular formula is C22H17N5O4S. The fraction of sp³-hybridized carbons (Fsp3) is 0.136. The topological polar surface area (TPSA) is 121 Å². The number of aromatic hydroxyl groups is 1. The average Bonchev–Trinajstić information content (AvgIpc) is 3.42. The van der Waals surface area contributed by atoms with Crippen LogP contribution in [0, 0.1) is 13.8 Å². The van der Waals surface area contributed by atoms with Crippen LogP contribution in [-0.4, -0.2) is 41.5 Å². The molecule has 1 atom stereocenters. The van der Waals surface area contributed by atoms with Crippen LogP contribution in [0.3, 0.4) is 0 Å². The molecule has 0 aliphatic carbocycles. The largest absolute Gasteiger partial charge is 0.508 e. The first kappa shape index (κ1) is 19.9. The second-order valence-corrected chi connectivity index (χ2v) is 8.50. The van der Waals surface area contributed by atoms with Crippen LogP contribution in [-0.2, 0) is 9.59 Å². The molecule has 9 nitrogen and oxygen atoms in total. The van der Waals surface area contributed by atoms with E-state index in [-0.39, 0.29) is 22.2 Å². The Labute approximate surface area is 185 Å². The number of phenols is 1. The number of anilines is 1. The number of fused-ring (bicyclic) bond motifs is 1. The maximum absolute atomic E-state index is 13.2. The number of pyridine rings is 1. The summed E-state index contributed by atoms with van der Waals surface area (Å²) in [5, 5.41) is 30.0. The lowest BCUT2D eigenvalue weighted by Crippen LogP contribution is -2.29. The van der Waals surface area contributed by atoms with Crippen molar-refractivity contribution in [2.24, 2.45) is 0 Å². The number of phenolic OH excluding ortho intramolecular Hbond substituents is 1. The van der Waals surface area contributed by atoms with Crippen LogP contribution < -0.4 is 4.90 Å². The van der Waals surface area contributed by atoms with Crippen molar-refractivity contribution in [1.82, 2.24) is 19.6 Å². The van der Waals surface area contributed by atoms with Crippen molar-refractivity contribution in [1.29, 1.82) is 0 Å². The van der Waals surface area contributed by atoms with Crippen molar-refractivity contribution >= 4 is 39.6 Å². The highest BCUT2D eigenvalue weighted by Crippen LogP contribution is 2.43. The number of Topliss-reactive ketones (excluding diaryl/α,β-unsaturated/α-hetero) is 1. The van der Waals surface area contributed by atoms with E-state index in [4.69, 9.17) is 0 Å². The molecule has 5 rings (SSSR count). The van der Waals surface area contributed by atoms with Gasteiger partial charge in [-0.2, -0.15) is 0 Å². The van der Waals surface area contributed by atoms with E-state index in [1.807, 2.05) is 6.07 Å². The summed E-state index contributed by atoms with van der Waals surface area (Å²) in [6.45, 7) is 3.47. The lowest BCUT2D eigenvalue weighted by Gasteiger charge is -2.22. The number of hydrogen-bond acceptors (Lipinski definition) is 8. The van der Waals surface area contributed by atoms with Gasteiger partial charge in [-0.1, -0.05) is 29.5 Å². The molecule has 0 saturated carbocycles. The Morgan fingerprint density at radius 2 is 1.81 bits per heavy atom. The molecule has 2 N–H and O–H groups in total. The van der Waals surface area contributed by atoms with Gasteiger partial charge < -0.3 is 10.2 Å². The highest BCUT2D eigenvalue weighted by molar-refractivity contribution is 7.15. The molecule has 1 aromatic carbocycles. The highest BCUT2D eigenvalue weighted by atomic mass is 32.1. The number of aliphatic hydroxyl groups excluding tert-OH is 1. The van der Waals surface area contributed by atoms with Crippen LogP contribution >= 0.6 is 11.3 Å². The molecule has 0 spiro atoms. The summed E-state index contributed by atoms with van der Waals surface area (Å²) in [6, 6.07) is 10.5. The normalized spacial score (nSPS) is 18.1. The second-order valence-electron chi connectivity index (χ2n) is 7.34. The van der Waals surface area contributed by atoms with Crippen molar-refractivity contribution in [3.8, 4) is 5.75 Å². The van der Waals surface area contributed by atoms with E-state index in [1.165, 1.54) is 28.4 Å². The Morgan fingerprint density at radius 1 is 1.06 bits per heavy atom. The number of benzene rings is 1. The summed E-state index contributed by atoms with van der Waals surface area (Å²) in [6.07, 6.45) is 1.73. The summed E-state index contributed by atoms with van der Waals surface area (Å²) in [7, 11) is 0. The lowest BCUT2D eigenvalue weighted by atomic mass is 9.96. The van der Waals surface area contributed by atoms with Crippen molar-refractivity contribution < 1.29 is 19.8 Å². The molecule has 10 heteroatoms. The monoisotopic (exact) mass is 447 g/mol. The zero-order valence-electron chi connectivity index (χ0n) is 17.1. The van der Waals surface area contributed by atoms with Crippen LogP contribution in [0.2, 0.25) is 0 Å². The van der Waals surface area contributed by atoms with Gasteiger partial charge >= 0.3 is 5.91 Å². The van der Waals surface area contributed by atoms with E-state index in [1.54, 1.807) is 48.7 Å². The van der Waals surface area contributed by atoms with Crippen molar-refractivity contribution in [2.75, 3.05) is 4.90 Å². The van der Waals surface area contributed by atoms with Crippen LogP contribution in [0.4, 0.5) is 5.13 Å². The standard InChI is InChI=1S/C22H17N5O4S/c1-11-17(26-10-4-3-5-15(26)23-11)19(29)16-18(13-6-8-14(28)9-7-13)27(21(31)20(16)30)22-25-24-12(2)32-22/h3-10,18,28-29H,1-2H3. The zero-order chi connectivity index (χ0) is 22.6. The smallest absolute Gasteiger partial charge is 0.301 e. The number of aryl methyl sites for hydroxylation is 2. The molecule has 1 saturated heterocycles. The van der Waals surface area contributed by atoms with Gasteiger partial charge in [0.05, 0.1) is 17.3 Å². The fourth-order valence-corrected chi connectivity index (χ4v) is 4.63. The number of hydrogen-bond donors (Lipinski definition) is 2. The van der Waals surface area contributed by atoms with E-state index in [9.17, 15) is 19.8 Å². The van der Waals surface area contributed by atoms with Crippen LogP contribution in [0.5, 0.6) is 5.75 Å². The third kappa shape index (κ3) is 2.95. The van der Waals surface area contributed by atoms with Gasteiger partial charge in [-0.05, 0) is 43.7 Å². The van der Waals surface area contributed by atoms with Gasteiger partial charge in [-0.25, -0.2) is 4.98 Å². The SMILES string of the molecule is Cc1nnc(N2C(=O)C(=O)C(=C(O)c3c(C)nc4ccccn34)C2c2ccc(O)cc2)s1. The maximum Gasteiger partial charge on any atom is 0.301 e. The first-order chi connectivity index (χ1) is 15.4. The minimum Gasteiger partial charge on any atom is -0.508 e. The highest BCUT2D eigenvalue weighted by Gasteiger charge is 2.48. The molecule has 0 radical (unpaired) electrons. The van der Waals surface area contributed by atoms with Crippen LogP contribution in [0.1, 0.15) is 28.0 Å². The van der Waals surface area contributed by atoms with Gasteiger partial charge in [-0.3, -0.25) is 18.9 Å². The van der Waals surface area contributed by atoms with Gasteiger partial charge in [0.1, 0.15) is 22.1 Å². The first-order valence-electron chi connectivity index (χ1n) is 9.71. The van der Waals surface area contributed by atoms with Gasteiger partial charge in [0.15, 0.2) is 5.76 Å². The Morgan fingerprint density at radius 3 is 2.50 bits per heavy atom. The van der Waals surface area contributed by atoms with Gasteiger partial charge in [-0.15, -0.1) is 10.2 Å².